The zero-order valence-corrected chi connectivity index (χ0v) is 10.9. The van der Waals surface area contributed by atoms with Crippen LogP contribution in [0.5, 0.6) is 0 Å². The number of nitrogens with one attached hydrogen (secondary N) is 1. The molecule has 0 aromatic carbocycles. The van der Waals surface area contributed by atoms with Gasteiger partial charge in [0.15, 0.2) is 0 Å². The summed E-state index contributed by atoms with van der Waals surface area (Å²) < 4.78 is 0. The zero-order valence-electron chi connectivity index (χ0n) is 10.9. The fraction of sp³-hybridized carbons (Fsp3) is 1.00. The van der Waals surface area contributed by atoms with Crippen molar-refractivity contribution in [1.29, 1.82) is 0 Å². The van der Waals surface area contributed by atoms with Crippen LogP contribution in [0.1, 0.15) is 25.7 Å². The van der Waals surface area contributed by atoms with Gasteiger partial charge < -0.3 is 15.1 Å². The maximum absolute atomic E-state index is 3.44. The smallest absolute Gasteiger partial charge is 0.0220 e. The molecule has 2 saturated heterocycles. The van der Waals surface area contributed by atoms with Crippen molar-refractivity contribution in [3.63, 3.8) is 0 Å². The highest BCUT2D eigenvalue weighted by atomic mass is 15.2. The first-order chi connectivity index (χ1) is 7.75. The molecule has 1 atom stereocenters. The molecule has 1 N–H and O–H groups in total. The summed E-state index contributed by atoms with van der Waals surface area (Å²) in [6, 6.07) is 0.812. The fourth-order valence-corrected chi connectivity index (χ4v) is 3.15. The van der Waals surface area contributed by atoms with Gasteiger partial charge >= 0.3 is 0 Å². The van der Waals surface area contributed by atoms with E-state index in [0.717, 1.165) is 12.0 Å². The quantitative estimate of drug-likeness (QED) is 0.770. The van der Waals surface area contributed by atoms with Crippen LogP contribution < -0.4 is 5.32 Å². The monoisotopic (exact) mass is 225 g/mol. The van der Waals surface area contributed by atoms with Gasteiger partial charge in [0.1, 0.15) is 0 Å². The van der Waals surface area contributed by atoms with Gasteiger partial charge in [0.05, 0.1) is 0 Å². The highest BCUT2D eigenvalue weighted by Crippen LogP contribution is 2.17. The van der Waals surface area contributed by atoms with E-state index < -0.39 is 0 Å². The zero-order chi connectivity index (χ0) is 11.4. The fourth-order valence-electron chi connectivity index (χ4n) is 3.15. The maximum atomic E-state index is 3.44. The Morgan fingerprint density at radius 3 is 2.56 bits per heavy atom. The van der Waals surface area contributed by atoms with Crippen LogP contribution in [0.4, 0.5) is 0 Å². The molecular weight excluding hydrogens is 198 g/mol. The summed E-state index contributed by atoms with van der Waals surface area (Å²) in [6.07, 6.45) is 5.52. The van der Waals surface area contributed by atoms with Crippen LogP contribution >= 0.6 is 0 Å². The van der Waals surface area contributed by atoms with E-state index in [4.69, 9.17) is 0 Å². The molecule has 0 amide bonds. The third-order valence-corrected chi connectivity index (χ3v) is 4.22. The van der Waals surface area contributed by atoms with Gasteiger partial charge in [-0.2, -0.15) is 0 Å². The Morgan fingerprint density at radius 1 is 1.19 bits per heavy atom. The molecule has 16 heavy (non-hydrogen) atoms. The second-order valence-electron chi connectivity index (χ2n) is 5.69. The Kier molecular flexibility index (Phi) is 4.62. The van der Waals surface area contributed by atoms with E-state index in [9.17, 15) is 0 Å². The summed E-state index contributed by atoms with van der Waals surface area (Å²) in [7, 11) is 4.57. The number of hydrogen-bond donors (Lipinski definition) is 1. The second-order valence-corrected chi connectivity index (χ2v) is 5.69. The van der Waals surface area contributed by atoms with Crippen LogP contribution in [-0.4, -0.2) is 62.7 Å². The van der Waals surface area contributed by atoms with Crippen LogP contribution in [0.15, 0.2) is 0 Å². The van der Waals surface area contributed by atoms with Gasteiger partial charge in [0.2, 0.25) is 0 Å². The van der Waals surface area contributed by atoms with Crippen molar-refractivity contribution in [2.24, 2.45) is 5.92 Å². The molecule has 0 aromatic rings. The van der Waals surface area contributed by atoms with E-state index in [1.807, 2.05) is 0 Å². The third kappa shape index (κ3) is 3.44. The molecule has 2 aliphatic heterocycles. The number of hydrogen-bond acceptors (Lipinski definition) is 3. The van der Waals surface area contributed by atoms with E-state index >= 15 is 0 Å². The molecule has 0 aliphatic carbocycles. The van der Waals surface area contributed by atoms with Crippen molar-refractivity contribution >= 4 is 0 Å². The lowest BCUT2D eigenvalue weighted by atomic mass is 9.97. The lowest BCUT2D eigenvalue weighted by molar-refractivity contribution is 0.186. The summed E-state index contributed by atoms with van der Waals surface area (Å²) in [5, 5.41) is 3.44. The predicted molar refractivity (Wildman–Crippen MR) is 68.7 cm³/mol. The van der Waals surface area contributed by atoms with Gasteiger partial charge in [-0.1, -0.05) is 0 Å². The first-order valence-electron chi connectivity index (χ1n) is 6.85. The summed E-state index contributed by atoms with van der Waals surface area (Å²) in [4.78, 5) is 5.08. The highest BCUT2D eigenvalue weighted by molar-refractivity contribution is 4.80. The Morgan fingerprint density at radius 2 is 1.94 bits per heavy atom. The molecule has 1 unspecified atom stereocenters. The van der Waals surface area contributed by atoms with Crippen molar-refractivity contribution < 1.29 is 0 Å². The molecule has 0 radical (unpaired) electrons. The Labute approximate surface area is 100 Å². The molecule has 0 spiro atoms. The normalized spacial score (nSPS) is 29.1. The van der Waals surface area contributed by atoms with Crippen molar-refractivity contribution in [2.45, 2.75) is 31.7 Å². The average Bonchev–Trinajstić information content (AvgIpc) is 2.66. The van der Waals surface area contributed by atoms with E-state index in [0.29, 0.717) is 0 Å². The van der Waals surface area contributed by atoms with E-state index in [1.165, 1.54) is 58.4 Å². The minimum absolute atomic E-state index is 0.812. The van der Waals surface area contributed by atoms with Crippen LogP contribution in [0, 0.1) is 5.92 Å². The largest absolute Gasteiger partial charge is 0.317 e. The van der Waals surface area contributed by atoms with Gasteiger partial charge in [0.25, 0.3) is 0 Å². The van der Waals surface area contributed by atoms with E-state index in [1.54, 1.807) is 0 Å². The molecule has 2 heterocycles. The number of rotatable bonds is 4. The maximum Gasteiger partial charge on any atom is 0.0220 e. The Hall–Kier alpha value is -0.120. The van der Waals surface area contributed by atoms with Gasteiger partial charge in [-0.3, -0.25) is 0 Å². The first kappa shape index (κ1) is 12.3. The van der Waals surface area contributed by atoms with Crippen molar-refractivity contribution in [3.8, 4) is 0 Å². The third-order valence-electron chi connectivity index (χ3n) is 4.22. The molecule has 0 saturated carbocycles. The number of likely N-dealkylation sites (N-methyl/N-ethyl adjacent to an activating group) is 2. The van der Waals surface area contributed by atoms with Crippen LogP contribution in [0.25, 0.3) is 0 Å². The van der Waals surface area contributed by atoms with Crippen LogP contribution in [0.3, 0.4) is 0 Å². The first-order valence-corrected chi connectivity index (χ1v) is 6.85. The summed E-state index contributed by atoms with van der Waals surface area (Å²) >= 11 is 0. The number of likely N-dealkylation sites (tertiary alicyclic amines) is 1. The Balaban J connectivity index is 1.68. The van der Waals surface area contributed by atoms with Crippen molar-refractivity contribution in [2.75, 3.05) is 46.8 Å². The topological polar surface area (TPSA) is 18.5 Å². The summed E-state index contributed by atoms with van der Waals surface area (Å²) in [5.41, 5.74) is 0. The molecule has 0 bridgehead atoms. The average molecular weight is 225 g/mol. The molecule has 2 rings (SSSR count). The molecule has 0 aromatic heterocycles. The molecule has 3 heteroatoms. The van der Waals surface area contributed by atoms with E-state index in [-0.39, 0.29) is 0 Å². The van der Waals surface area contributed by atoms with Gasteiger partial charge in [-0.15, -0.1) is 0 Å². The van der Waals surface area contributed by atoms with Gasteiger partial charge in [-0.05, 0) is 65.3 Å². The molecule has 94 valence electrons. The molecule has 3 nitrogen and oxygen atoms in total. The lowest BCUT2D eigenvalue weighted by Gasteiger charge is -2.30. The lowest BCUT2D eigenvalue weighted by Crippen LogP contribution is -2.40. The Bertz CT molecular complexity index is 201. The minimum Gasteiger partial charge on any atom is -0.317 e. The highest BCUT2D eigenvalue weighted by Gasteiger charge is 2.23. The van der Waals surface area contributed by atoms with Gasteiger partial charge in [-0.25, -0.2) is 0 Å². The standard InChI is InChI=1S/C13H27N3/c1-15(10-12-5-7-14-8-6-12)11-13-4-3-9-16(13)2/h12-14H,3-11H2,1-2H3. The minimum atomic E-state index is 0.812. The van der Waals surface area contributed by atoms with Crippen LogP contribution in [-0.2, 0) is 0 Å². The number of piperidine rings is 1. The van der Waals surface area contributed by atoms with E-state index in [2.05, 4.69) is 29.2 Å². The summed E-state index contributed by atoms with van der Waals surface area (Å²) in [6.45, 7) is 6.31. The van der Waals surface area contributed by atoms with Crippen molar-refractivity contribution in [1.82, 2.24) is 15.1 Å². The van der Waals surface area contributed by atoms with Crippen molar-refractivity contribution in [3.05, 3.63) is 0 Å². The molecule has 2 fully saturated rings. The SMILES string of the molecule is CN(CC1CCNCC1)CC1CCCN1C. The number of nitrogens with zero attached hydrogens (tertiary/aromatic N) is 2. The predicted octanol–water partition coefficient (Wildman–Crippen LogP) is 1.01. The summed E-state index contributed by atoms with van der Waals surface area (Å²) in [5.74, 6) is 0.929. The molecule has 2 aliphatic rings. The van der Waals surface area contributed by atoms with Crippen LogP contribution in [0.2, 0.25) is 0 Å². The molecular formula is C13H27N3. The van der Waals surface area contributed by atoms with Gasteiger partial charge in [0, 0.05) is 19.1 Å². The second kappa shape index (κ2) is 5.99.